The van der Waals surface area contributed by atoms with E-state index >= 15 is 0 Å². The molecule has 15 heavy (non-hydrogen) atoms. The van der Waals surface area contributed by atoms with Crippen molar-refractivity contribution in [1.82, 2.24) is 0 Å². The first-order chi connectivity index (χ1) is 6.56. The van der Waals surface area contributed by atoms with Gasteiger partial charge < -0.3 is 12.3 Å². The van der Waals surface area contributed by atoms with Crippen LogP contribution >= 0.6 is 17.9 Å². The summed E-state index contributed by atoms with van der Waals surface area (Å²) in [6, 6.07) is 0. The summed E-state index contributed by atoms with van der Waals surface area (Å²) in [5, 5.41) is 0. The van der Waals surface area contributed by atoms with Crippen LogP contribution in [0.4, 0.5) is 0 Å². The molecule has 90 valence electrons. The summed E-state index contributed by atoms with van der Waals surface area (Å²) < 4.78 is 5.00. The third-order valence-electron chi connectivity index (χ3n) is 2.01. The van der Waals surface area contributed by atoms with E-state index in [9.17, 15) is 0 Å². The van der Waals surface area contributed by atoms with Crippen LogP contribution in [0, 0.1) is 0 Å². The van der Waals surface area contributed by atoms with Crippen LogP contribution < -0.4 is 0 Å². The molecule has 0 aliphatic heterocycles. The zero-order valence-corrected chi connectivity index (χ0v) is 16.6. The second-order valence-corrected chi connectivity index (χ2v) is 8.61. The van der Waals surface area contributed by atoms with E-state index in [1.807, 2.05) is 0 Å². The van der Waals surface area contributed by atoms with E-state index < -0.39 is 5.69 Å². The van der Waals surface area contributed by atoms with Gasteiger partial charge in [0.15, 0.2) is 0 Å². The number of thiol groups is 1. The second kappa shape index (κ2) is 12.9. The molecular formula is C9H23BaO2PS2. The van der Waals surface area contributed by atoms with Crippen LogP contribution in [0.1, 0.15) is 54.7 Å². The molecule has 0 aliphatic carbocycles. The van der Waals surface area contributed by atoms with E-state index in [1.165, 1.54) is 32.1 Å². The van der Waals surface area contributed by atoms with E-state index in [0.717, 1.165) is 12.8 Å². The molecule has 0 radical (unpaired) electrons. The van der Waals surface area contributed by atoms with Gasteiger partial charge >= 0.3 is 48.9 Å². The molecular weight excluding hydrogens is 373 g/mol. The predicted octanol–water partition coefficient (Wildman–Crippen LogP) is 3.74. The summed E-state index contributed by atoms with van der Waals surface area (Å²) in [5.74, 6) is 0. The van der Waals surface area contributed by atoms with Crippen LogP contribution in [0.2, 0.25) is 0 Å². The first-order valence-corrected chi connectivity index (χ1v) is 9.09. The summed E-state index contributed by atoms with van der Waals surface area (Å²) >= 11 is 8.41. The van der Waals surface area contributed by atoms with Gasteiger partial charge in [0.05, 0.1) is 6.61 Å². The fourth-order valence-corrected chi connectivity index (χ4v) is 2.08. The van der Waals surface area contributed by atoms with Gasteiger partial charge in [-0.25, -0.2) is 0 Å². The Morgan fingerprint density at radius 1 is 1.20 bits per heavy atom. The van der Waals surface area contributed by atoms with Crippen molar-refractivity contribution in [3.63, 3.8) is 0 Å². The summed E-state index contributed by atoms with van der Waals surface area (Å²) in [5.41, 5.74) is -2.70. The number of unbranched alkanes of at least 4 members (excludes halogenated alkanes) is 6. The molecule has 0 aromatic heterocycles. The Morgan fingerprint density at radius 3 is 2.13 bits per heavy atom. The van der Waals surface area contributed by atoms with Gasteiger partial charge in [-0.1, -0.05) is 57.7 Å². The van der Waals surface area contributed by atoms with Crippen molar-refractivity contribution in [2.24, 2.45) is 0 Å². The molecule has 0 aromatic carbocycles. The molecule has 6 heteroatoms. The summed E-state index contributed by atoms with van der Waals surface area (Å²) in [7, 11) is 0. The van der Waals surface area contributed by atoms with Crippen molar-refractivity contribution in [2.45, 2.75) is 51.9 Å². The van der Waals surface area contributed by atoms with E-state index in [0.29, 0.717) is 6.61 Å². The van der Waals surface area contributed by atoms with E-state index in [2.05, 4.69) is 31.0 Å². The normalized spacial score (nSPS) is 14.3. The van der Waals surface area contributed by atoms with E-state index in [-0.39, 0.29) is 51.7 Å². The fraction of sp³-hybridized carbons (Fsp3) is 1.00. The van der Waals surface area contributed by atoms with Crippen molar-refractivity contribution < 1.29 is 12.3 Å². The fourth-order valence-electron chi connectivity index (χ4n) is 1.24. The summed E-state index contributed by atoms with van der Waals surface area (Å²) in [6.45, 7) is 2.76. The van der Waals surface area contributed by atoms with Crippen molar-refractivity contribution in [2.75, 3.05) is 6.61 Å². The summed E-state index contributed by atoms with van der Waals surface area (Å²) in [4.78, 5) is 9.06. The molecule has 0 fully saturated rings. The standard InChI is InChI=1S/C9H21O2PS2.Ba.2H/c1-2-3-4-5-6-7-8-9-11-12(10,13)14;;;/h2-9H2,1H3,(H2,10,13,14);;;/q;+2;2*-1. The van der Waals surface area contributed by atoms with E-state index in [1.54, 1.807) is 0 Å². The van der Waals surface area contributed by atoms with Gasteiger partial charge in [-0.05, 0) is 18.2 Å². The second-order valence-electron chi connectivity index (χ2n) is 3.45. The molecule has 0 saturated carbocycles. The molecule has 1 atom stereocenters. The van der Waals surface area contributed by atoms with Gasteiger partial charge in [-0.3, -0.25) is 0 Å². The first-order valence-electron chi connectivity index (χ1n) is 5.26. The molecule has 0 aromatic rings. The maximum absolute atomic E-state index is 9.06. The quantitative estimate of drug-likeness (QED) is 0.270. The largest absolute Gasteiger partial charge is 2.00 e. The van der Waals surface area contributed by atoms with Crippen LogP contribution in [0.15, 0.2) is 0 Å². The molecule has 0 saturated heterocycles. The van der Waals surface area contributed by atoms with Crippen LogP contribution in [-0.4, -0.2) is 60.4 Å². The average molecular weight is 396 g/mol. The average Bonchev–Trinajstić information content (AvgIpc) is 2.08. The molecule has 0 spiro atoms. The maximum Gasteiger partial charge on any atom is 2.00 e. The Hall–Kier alpha value is 2.49. The minimum atomic E-state index is -2.70. The summed E-state index contributed by atoms with van der Waals surface area (Å²) in [6.07, 6.45) is 8.66. The van der Waals surface area contributed by atoms with Gasteiger partial charge in [0.25, 0.3) is 0 Å². The molecule has 0 rings (SSSR count). The van der Waals surface area contributed by atoms with Crippen molar-refractivity contribution in [1.29, 1.82) is 0 Å². The number of hydrogen-bond donors (Lipinski definition) is 2. The number of hydrogen-bond acceptors (Lipinski definition) is 2. The zero-order valence-electron chi connectivity index (χ0n) is 11.5. The predicted molar refractivity (Wildman–Crippen MR) is 77.4 cm³/mol. The topological polar surface area (TPSA) is 29.5 Å². The molecule has 1 N–H and O–H groups in total. The SMILES string of the molecule is CCCCCCCCCOP(O)(=S)S.[Ba+2].[H-].[H-]. The maximum atomic E-state index is 9.06. The Balaban J connectivity index is -0.000000282. The van der Waals surface area contributed by atoms with Crippen LogP contribution in [0.25, 0.3) is 0 Å². The molecule has 0 aliphatic rings. The van der Waals surface area contributed by atoms with E-state index in [4.69, 9.17) is 9.42 Å². The smallest absolute Gasteiger partial charge is 1.00 e. The minimum Gasteiger partial charge on any atom is -1.00 e. The van der Waals surface area contributed by atoms with Crippen LogP contribution in [-0.2, 0) is 16.3 Å². The Labute approximate surface area is 147 Å². The Bertz CT molecular complexity index is 184. The zero-order chi connectivity index (χ0) is 10.9. The molecule has 0 heterocycles. The monoisotopic (exact) mass is 396 g/mol. The molecule has 0 amide bonds. The molecule has 0 bridgehead atoms. The Morgan fingerprint density at radius 2 is 1.67 bits per heavy atom. The third-order valence-corrected chi connectivity index (χ3v) is 3.19. The van der Waals surface area contributed by atoms with Gasteiger partial charge in [-0.15, -0.1) is 0 Å². The first kappa shape index (κ1) is 19.8. The van der Waals surface area contributed by atoms with Gasteiger partial charge in [0.2, 0.25) is 5.69 Å². The van der Waals surface area contributed by atoms with Gasteiger partial charge in [-0.2, -0.15) is 0 Å². The van der Waals surface area contributed by atoms with Gasteiger partial charge in [0, 0.05) is 0 Å². The van der Waals surface area contributed by atoms with Crippen LogP contribution in [0.5, 0.6) is 0 Å². The van der Waals surface area contributed by atoms with Crippen molar-refractivity contribution in [3.05, 3.63) is 0 Å². The van der Waals surface area contributed by atoms with Crippen LogP contribution in [0.3, 0.4) is 0 Å². The van der Waals surface area contributed by atoms with Crippen molar-refractivity contribution >= 4 is 78.6 Å². The molecule has 2 nitrogen and oxygen atoms in total. The van der Waals surface area contributed by atoms with Gasteiger partial charge in [0.1, 0.15) is 0 Å². The molecule has 1 unspecified atom stereocenters. The minimum absolute atomic E-state index is 0. The Kier molecular flexibility index (Phi) is 17.1. The third kappa shape index (κ3) is 19.0. The number of rotatable bonds is 9. The van der Waals surface area contributed by atoms with Crippen molar-refractivity contribution in [3.8, 4) is 0 Å².